The summed E-state index contributed by atoms with van der Waals surface area (Å²) in [7, 11) is 0. The molecule has 0 atom stereocenters. The maximum atomic E-state index is 11.4. The molecule has 102 valence electrons. The molecule has 1 aromatic heterocycles. The normalized spacial score (nSPS) is 17.1. The maximum Gasteiger partial charge on any atom is 0.311 e. The van der Waals surface area contributed by atoms with Crippen molar-refractivity contribution in [2.45, 2.75) is 25.7 Å². The highest BCUT2D eigenvalue weighted by Gasteiger charge is 2.41. The van der Waals surface area contributed by atoms with Gasteiger partial charge in [-0.3, -0.25) is 9.59 Å². The molecule has 0 saturated heterocycles. The summed E-state index contributed by atoms with van der Waals surface area (Å²) >= 11 is 0. The third-order valence-electron chi connectivity index (χ3n) is 3.54. The van der Waals surface area contributed by atoms with Crippen molar-refractivity contribution in [3.63, 3.8) is 0 Å². The van der Waals surface area contributed by atoms with Gasteiger partial charge in [0.05, 0.1) is 5.41 Å². The number of hydrogen-bond acceptors (Lipinski definition) is 5. The standard InChI is InChI=1S/C12H16N4O3/c13-10(17)8-3-4-9(16-15-8)14-7-12(11(18)19)5-1-2-6-12/h3-4H,1-2,5-7H2,(H2,13,17)(H,14,16)(H,18,19). The Labute approximate surface area is 110 Å². The molecule has 0 radical (unpaired) electrons. The highest BCUT2D eigenvalue weighted by Crippen LogP contribution is 2.38. The maximum absolute atomic E-state index is 11.4. The van der Waals surface area contributed by atoms with Gasteiger partial charge in [-0.15, -0.1) is 10.2 Å². The molecular weight excluding hydrogens is 248 g/mol. The molecule has 1 aromatic rings. The fourth-order valence-electron chi connectivity index (χ4n) is 2.34. The van der Waals surface area contributed by atoms with Crippen molar-refractivity contribution in [2.75, 3.05) is 11.9 Å². The lowest BCUT2D eigenvalue weighted by atomic mass is 9.86. The summed E-state index contributed by atoms with van der Waals surface area (Å²) in [6.45, 7) is 0.312. The van der Waals surface area contributed by atoms with E-state index in [1.807, 2.05) is 0 Å². The van der Waals surface area contributed by atoms with Gasteiger partial charge in [0.1, 0.15) is 5.82 Å². The highest BCUT2D eigenvalue weighted by atomic mass is 16.4. The largest absolute Gasteiger partial charge is 0.481 e. The van der Waals surface area contributed by atoms with E-state index in [9.17, 15) is 14.7 Å². The summed E-state index contributed by atoms with van der Waals surface area (Å²) in [5.41, 5.74) is 4.42. The van der Waals surface area contributed by atoms with Crippen LogP contribution in [-0.2, 0) is 4.79 Å². The third kappa shape index (κ3) is 2.81. The van der Waals surface area contributed by atoms with Gasteiger partial charge in [0.15, 0.2) is 5.69 Å². The van der Waals surface area contributed by atoms with E-state index < -0.39 is 17.3 Å². The van der Waals surface area contributed by atoms with Crippen molar-refractivity contribution in [1.29, 1.82) is 0 Å². The summed E-state index contributed by atoms with van der Waals surface area (Å²) in [6.07, 6.45) is 3.20. The molecule has 0 bridgehead atoms. The number of carboxylic acids is 1. The number of nitrogens with two attached hydrogens (primary N) is 1. The van der Waals surface area contributed by atoms with Gasteiger partial charge in [0, 0.05) is 6.54 Å². The molecule has 4 N–H and O–H groups in total. The van der Waals surface area contributed by atoms with Gasteiger partial charge in [-0.25, -0.2) is 0 Å². The molecule has 0 unspecified atom stereocenters. The number of nitrogens with one attached hydrogen (secondary N) is 1. The zero-order valence-corrected chi connectivity index (χ0v) is 10.4. The number of amides is 1. The van der Waals surface area contributed by atoms with E-state index in [0.717, 1.165) is 12.8 Å². The van der Waals surface area contributed by atoms with Crippen molar-refractivity contribution < 1.29 is 14.7 Å². The van der Waals surface area contributed by atoms with Crippen molar-refractivity contribution in [3.05, 3.63) is 17.8 Å². The van der Waals surface area contributed by atoms with E-state index in [1.54, 1.807) is 6.07 Å². The molecule has 0 aliphatic heterocycles. The van der Waals surface area contributed by atoms with Gasteiger partial charge in [0.2, 0.25) is 0 Å². The summed E-state index contributed by atoms with van der Waals surface area (Å²) in [6, 6.07) is 3.03. The van der Waals surface area contributed by atoms with Crippen molar-refractivity contribution in [3.8, 4) is 0 Å². The summed E-state index contributed by atoms with van der Waals surface area (Å²) in [4.78, 5) is 22.2. The second-order valence-electron chi connectivity index (χ2n) is 4.81. The van der Waals surface area contributed by atoms with Gasteiger partial charge >= 0.3 is 5.97 Å². The fraction of sp³-hybridized carbons (Fsp3) is 0.500. The first kappa shape index (κ1) is 13.3. The smallest absolute Gasteiger partial charge is 0.311 e. The van der Waals surface area contributed by atoms with E-state index in [-0.39, 0.29) is 5.69 Å². The number of nitrogens with zero attached hydrogens (tertiary/aromatic N) is 2. The van der Waals surface area contributed by atoms with Gasteiger partial charge in [-0.2, -0.15) is 0 Å². The van der Waals surface area contributed by atoms with Crippen LogP contribution in [0.1, 0.15) is 36.2 Å². The van der Waals surface area contributed by atoms with Crippen LogP contribution in [0.3, 0.4) is 0 Å². The molecule has 1 fully saturated rings. The molecule has 1 saturated carbocycles. The van der Waals surface area contributed by atoms with Crippen LogP contribution in [0.25, 0.3) is 0 Å². The van der Waals surface area contributed by atoms with Crippen LogP contribution >= 0.6 is 0 Å². The number of rotatable bonds is 5. The average Bonchev–Trinajstić information content (AvgIpc) is 2.87. The first-order valence-corrected chi connectivity index (χ1v) is 6.14. The molecule has 0 spiro atoms. The predicted octanol–water partition coefficient (Wildman–Crippen LogP) is 0.632. The Hall–Kier alpha value is -2.18. The number of carboxylic acid groups (broad SMARTS) is 1. The Bertz CT molecular complexity index is 480. The van der Waals surface area contributed by atoms with E-state index in [1.165, 1.54) is 6.07 Å². The number of carbonyl (C=O) groups is 2. The molecule has 1 amide bonds. The third-order valence-corrected chi connectivity index (χ3v) is 3.54. The van der Waals surface area contributed by atoms with E-state index in [2.05, 4.69) is 15.5 Å². The van der Waals surface area contributed by atoms with Gasteiger partial charge in [-0.1, -0.05) is 12.8 Å². The van der Waals surface area contributed by atoms with Crippen LogP contribution in [0.15, 0.2) is 12.1 Å². The predicted molar refractivity (Wildman–Crippen MR) is 67.6 cm³/mol. The van der Waals surface area contributed by atoms with Crippen molar-refractivity contribution in [1.82, 2.24) is 10.2 Å². The topological polar surface area (TPSA) is 118 Å². The minimum absolute atomic E-state index is 0.0827. The molecule has 1 heterocycles. The number of aliphatic carboxylic acids is 1. The Morgan fingerprint density at radius 1 is 1.32 bits per heavy atom. The monoisotopic (exact) mass is 264 g/mol. The molecule has 1 aliphatic carbocycles. The number of hydrogen-bond donors (Lipinski definition) is 3. The van der Waals surface area contributed by atoms with Crippen LogP contribution in [0.4, 0.5) is 5.82 Å². The summed E-state index contributed by atoms with van der Waals surface area (Å²) in [5.74, 6) is -0.978. The number of carbonyl (C=O) groups excluding carboxylic acids is 1. The summed E-state index contributed by atoms with van der Waals surface area (Å²) < 4.78 is 0. The van der Waals surface area contributed by atoms with Gasteiger partial charge in [-0.05, 0) is 25.0 Å². The van der Waals surface area contributed by atoms with Crippen LogP contribution in [-0.4, -0.2) is 33.7 Å². The second kappa shape index (κ2) is 5.21. The van der Waals surface area contributed by atoms with Crippen molar-refractivity contribution >= 4 is 17.7 Å². The number of primary amides is 1. The molecule has 2 rings (SSSR count). The van der Waals surface area contributed by atoms with Gasteiger partial charge < -0.3 is 16.2 Å². The quantitative estimate of drug-likeness (QED) is 0.718. The molecule has 1 aliphatic rings. The minimum atomic E-state index is -0.779. The Morgan fingerprint density at radius 3 is 2.47 bits per heavy atom. The van der Waals surface area contributed by atoms with E-state index >= 15 is 0 Å². The first-order chi connectivity index (χ1) is 9.03. The SMILES string of the molecule is NC(=O)c1ccc(NCC2(C(=O)O)CCCC2)nn1. The zero-order valence-electron chi connectivity index (χ0n) is 10.4. The molecule has 7 heteroatoms. The van der Waals surface area contributed by atoms with Crippen LogP contribution in [0.2, 0.25) is 0 Å². The second-order valence-corrected chi connectivity index (χ2v) is 4.81. The first-order valence-electron chi connectivity index (χ1n) is 6.14. The molecule has 0 aromatic carbocycles. The highest BCUT2D eigenvalue weighted by molar-refractivity contribution is 5.90. The molecular formula is C12H16N4O3. The Morgan fingerprint density at radius 2 is 2.00 bits per heavy atom. The van der Waals surface area contributed by atoms with E-state index in [0.29, 0.717) is 25.2 Å². The fourth-order valence-corrected chi connectivity index (χ4v) is 2.34. The lowest BCUT2D eigenvalue weighted by Gasteiger charge is -2.24. The Balaban J connectivity index is 2.01. The lowest BCUT2D eigenvalue weighted by molar-refractivity contribution is -0.147. The molecule has 7 nitrogen and oxygen atoms in total. The summed E-state index contributed by atoms with van der Waals surface area (Å²) in [5, 5.41) is 19.7. The van der Waals surface area contributed by atoms with Crippen molar-refractivity contribution in [2.24, 2.45) is 11.1 Å². The number of anilines is 1. The minimum Gasteiger partial charge on any atom is -0.481 e. The van der Waals surface area contributed by atoms with Crippen LogP contribution < -0.4 is 11.1 Å². The zero-order chi connectivity index (χ0) is 13.9. The van der Waals surface area contributed by atoms with Crippen LogP contribution in [0.5, 0.6) is 0 Å². The van der Waals surface area contributed by atoms with E-state index in [4.69, 9.17) is 5.73 Å². The van der Waals surface area contributed by atoms with Crippen LogP contribution in [0, 0.1) is 5.41 Å². The molecule has 19 heavy (non-hydrogen) atoms. The Kier molecular flexibility index (Phi) is 3.64. The average molecular weight is 264 g/mol. The number of aromatic nitrogens is 2. The van der Waals surface area contributed by atoms with Gasteiger partial charge in [0.25, 0.3) is 5.91 Å². The lowest BCUT2D eigenvalue weighted by Crippen LogP contribution is -2.35.